The molecule has 2 heteroatoms. The molecule has 0 aliphatic rings. The van der Waals surface area contributed by atoms with Gasteiger partial charge in [-0.25, -0.2) is 0 Å². The van der Waals surface area contributed by atoms with E-state index < -0.39 is 0 Å². The zero-order valence-electron chi connectivity index (χ0n) is 20.8. The van der Waals surface area contributed by atoms with E-state index in [2.05, 4.69) is 54.3 Å². The molecular weight excluding hydrogens is 340 g/mol. The van der Waals surface area contributed by atoms with Gasteiger partial charge in [-0.2, -0.15) is 0 Å². The molecule has 2 nitrogen and oxygen atoms in total. The van der Waals surface area contributed by atoms with E-state index >= 15 is 0 Å². The van der Waals surface area contributed by atoms with Crippen LogP contribution >= 0.6 is 0 Å². The van der Waals surface area contributed by atoms with Crippen molar-refractivity contribution in [2.24, 2.45) is 0 Å². The molecule has 0 bridgehead atoms. The van der Waals surface area contributed by atoms with Crippen molar-refractivity contribution in [2.45, 2.75) is 103 Å². The number of quaternary nitrogens is 2. The second-order valence-corrected chi connectivity index (χ2v) is 10.7. The number of unbranched alkanes of at least 4 members (excludes halogenated alkanes) is 12. The van der Waals surface area contributed by atoms with Gasteiger partial charge < -0.3 is 8.97 Å². The summed E-state index contributed by atoms with van der Waals surface area (Å²) in [5.41, 5.74) is 0. The monoisotopic (exact) mass is 396 g/mol. The molecule has 0 radical (unpaired) electrons. The fourth-order valence-electron chi connectivity index (χ4n) is 3.87. The molecule has 0 spiro atoms. The predicted molar refractivity (Wildman–Crippen MR) is 129 cm³/mol. The van der Waals surface area contributed by atoms with Crippen molar-refractivity contribution >= 4 is 0 Å². The highest BCUT2D eigenvalue weighted by Crippen LogP contribution is 2.11. The Balaban J connectivity index is 3.37. The highest BCUT2D eigenvalue weighted by Gasteiger charge is 2.16. The van der Waals surface area contributed by atoms with Crippen LogP contribution in [0.1, 0.15) is 103 Å². The highest BCUT2D eigenvalue weighted by molar-refractivity contribution is 4.81. The molecule has 0 aromatic carbocycles. The van der Waals surface area contributed by atoms with Crippen molar-refractivity contribution < 1.29 is 8.97 Å². The first kappa shape index (κ1) is 27.7. The average Bonchev–Trinajstić information content (AvgIpc) is 2.60. The van der Waals surface area contributed by atoms with Gasteiger partial charge >= 0.3 is 0 Å². The smallest absolute Gasteiger partial charge is 0.0836 e. The minimum atomic E-state index is 1.09. The van der Waals surface area contributed by atoms with Gasteiger partial charge in [0.05, 0.1) is 54.9 Å². The topological polar surface area (TPSA) is 0 Å². The van der Waals surface area contributed by atoms with Crippen molar-refractivity contribution in [1.29, 1.82) is 0 Å². The summed E-state index contributed by atoms with van der Waals surface area (Å²) in [5, 5.41) is 0. The number of hydrogen-bond acceptors (Lipinski definition) is 0. The Morgan fingerprint density at radius 1 is 0.464 bits per heavy atom. The van der Waals surface area contributed by atoms with E-state index in [1.165, 1.54) is 120 Å². The first-order valence-electron chi connectivity index (χ1n) is 12.5. The molecule has 0 amide bonds. The maximum Gasteiger partial charge on any atom is 0.0836 e. The summed E-state index contributed by atoms with van der Waals surface area (Å²) in [6, 6.07) is 0. The lowest BCUT2D eigenvalue weighted by Gasteiger charge is -2.31. The van der Waals surface area contributed by atoms with Crippen LogP contribution in [0, 0.1) is 0 Å². The van der Waals surface area contributed by atoms with Crippen LogP contribution in [0.25, 0.3) is 0 Å². The lowest BCUT2D eigenvalue weighted by Crippen LogP contribution is -2.44. The van der Waals surface area contributed by atoms with Gasteiger partial charge in [0.25, 0.3) is 0 Å². The number of nitrogens with zero attached hydrogens (tertiary/aromatic N) is 2. The SMILES string of the molecule is CCCCCCCC/C=C/CCCCCCCC[N+](C)(C)CCC[N+](C)(C)C. The van der Waals surface area contributed by atoms with Gasteiger partial charge in [-0.15, -0.1) is 0 Å². The van der Waals surface area contributed by atoms with Crippen LogP contribution in [0.4, 0.5) is 0 Å². The molecule has 168 valence electrons. The molecule has 0 saturated carbocycles. The third kappa shape index (κ3) is 22.0. The van der Waals surface area contributed by atoms with Crippen LogP contribution in [-0.2, 0) is 0 Å². The standard InChI is InChI=1S/C26H56N2/c1-7-8-9-10-11-12-13-14-15-16-17-18-19-20-21-22-25-28(5,6)26-23-24-27(2,3)4/h14-15H,7-13,16-26H2,1-6H3/q+2/b15-14+. The summed E-state index contributed by atoms with van der Waals surface area (Å²) < 4.78 is 2.29. The highest BCUT2D eigenvalue weighted by atomic mass is 15.3. The molecule has 0 atom stereocenters. The summed E-state index contributed by atoms with van der Waals surface area (Å²) in [4.78, 5) is 0. The predicted octanol–water partition coefficient (Wildman–Crippen LogP) is 7.20. The molecular formula is C26H56N2+2. The van der Waals surface area contributed by atoms with Crippen molar-refractivity contribution in [3.63, 3.8) is 0 Å². The number of hydrogen-bond donors (Lipinski definition) is 0. The van der Waals surface area contributed by atoms with Gasteiger partial charge in [0.15, 0.2) is 0 Å². The first-order chi connectivity index (χ1) is 13.3. The van der Waals surface area contributed by atoms with E-state index in [0.717, 1.165) is 4.48 Å². The Labute approximate surface area is 179 Å². The van der Waals surface area contributed by atoms with Crippen molar-refractivity contribution in [3.8, 4) is 0 Å². The van der Waals surface area contributed by atoms with Crippen LogP contribution in [0.2, 0.25) is 0 Å². The maximum atomic E-state index is 2.43. The van der Waals surface area contributed by atoms with Gasteiger partial charge in [-0.1, -0.05) is 70.4 Å². The van der Waals surface area contributed by atoms with E-state index in [0.29, 0.717) is 0 Å². The third-order valence-electron chi connectivity index (χ3n) is 5.87. The van der Waals surface area contributed by atoms with E-state index in [1.807, 2.05) is 0 Å². The Kier molecular flexibility index (Phi) is 17.3. The largest absolute Gasteiger partial charge is 0.331 e. The Morgan fingerprint density at radius 3 is 1.39 bits per heavy atom. The van der Waals surface area contributed by atoms with Gasteiger partial charge in [-0.05, 0) is 38.5 Å². The zero-order valence-corrected chi connectivity index (χ0v) is 20.8. The molecule has 0 saturated heterocycles. The van der Waals surface area contributed by atoms with Crippen molar-refractivity contribution in [2.75, 3.05) is 54.9 Å². The van der Waals surface area contributed by atoms with E-state index in [9.17, 15) is 0 Å². The quantitative estimate of drug-likeness (QED) is 0.116. The molecule has 28 heavy (non-hydrogen) atoms. The third-order valence-corrected chi connectivity index (χ3v) is 5.87. The van der Waals surface area contributed by atoms with Crippen molar-refractivity contribution in [1.82, 2.24) is 0 Å². The van der Waals surface area contributed by atoms with E-state index in [4.69, 9.17) is 0 Å². The fourth-order valence-corrected chi connectivity index (χ4v) is 3.87. The zero-order chi connectivity index (χ0) is 21.1. The summed E-state index contributed by atoms with van der Waals surface area (Å²) in [6.07, 6.45) is 25.8. The molecule has 0 fully saturated rings. The van der Waals surface area contributed by atoms with Gasteiger partial charge in [0, 0.05) is 6.42 Å². The fraction of sp³-hybridized carbons (Fsp3) is 0.923. The van der Waals surface area contributed by atoms with Crippen LogP contribution in [-0.4, -0.2) is 63.8 Å². The van der Waals surface area contributed by atoms with Gasteiger partial charge in [0.1, 0.15) is 0 Å². The van der Waals surface area contributed by atoms with Crippen LogP contribution in [0.5, 0.6) is 0 Å². The molecule has 0 aromatic heterocycles. The Bertz CT molecular complexity index is 352. The Hall–Kier alpha value is -0.340. The van der Waals surface area contributed by atoms with Crippen molar-refractivity contribution in [3.05, 3.63) is 12.2 Å². The minimum Gasteiger partial charge on any atom is -0.331 e. The van der Waals surface area contributed by atoms with Gasteiger partial charge in [-0.3, -0.25) is 0 Å². The molecule has 0 N–H and O–H groups in total. The van der Waals surface area contributed by atoms with Crippen LogP contribution in [0.15, 0.2) is 12.2 Å². The lowest BCUT2D eigenvalue weighted by molar-refractivity contribution is -0.902. The summed E-state index contributed by atoms with van der Waals surface area (Å²) in [7, 11) is 11.7. The Morgan fingerprint density at radius 2 is 0.893 bits per heavy atom. The van der Waals surface area contributed by atoms with Crippen LogP contribution in [0.3, 0.4) is 0 Å². The molecule has 0 aliphatic carbocycles. The number of allylic oxidation sites excluding steroid dienone is 2. The normalized spacial score (nSPS) is 12.9. The maximum absolute atomic E-state index is 2.43. The molecule has 0 aromatic rings. The van der Waals surface area contributed by atoms with E-state index in [1.54, 1.807) is 0 Å². The summed E-state index contributed by atoms with van der Waals surface area (Å²) in [6.45, 7) is 6.24. The summed E-state index contributed by atoms with van der Waals surface area (Å²) >= 11 is 0. The second kappa shape index (κ2) is 17.5. The first-order valence-corrected chi connectivity index (χ1v) is 12.5. The molecule has 0 rings (SSSR count). The van der Waals surface area contributed by atoms with E-state index in [-0.39, 0.29) is 0 Å². The minimum absolute atomic E-state index is 1.09. The molecule has 0 heterocycles. The summed E-state index contributed by atoms with van der Waals surface area (Å²) in [5.74, 6) is 0. The lowest BCUT2D eigenvalue weighted by atomic mass is 10.1. The number of rotatable bonds is 20. The van der Waals surface area contributed by atoms with Crippen LogP contribution < -0.4 is 0 Å². The molecule has 0 unspecified atom stereocenters. The van der Waals surface area contributed by atoms with Gasteiger partial charge in [0.2, 0.25) is 0 Å². The molecule has 0 aliphatic heterocycles. The average molecular weight is 397 g/mol. The second-order valence-electron chi connectivity index (χ2n) is 10.7.